The number of hydrogen-bond acceptors (Lipinski definition) is 4. The Labute approximate surface area is 170 Å². The molecule has 0 radical (unpaired) electrons. The van der Waals surface area contributed by atoms with Crippen LogP contribution in [0, 0.1) is 24.0 Å². The van der Waals surface area contributed by atoms with Gasteiger partial charge in [0.05, 0.1) is 16.4 Å². The van der Waals surface area contributed by atoms with Crippen molar-refractivity contribution in [3.8, 4) is 0 Å². The van der Waals surface area contributed by atoms with Crippen LogP contribution < -0.4 is 0 Å². The van der Waals surface area contributed by atoms with E-state index in [9.17, 15) is 14.3 Å². The lowest BCUT2D eigenvalue weighted by atomic mass is 9.93. The number of rotatable bonds is 5. The van der Waals surface area contributed by atoms with Gasteiger partial charge in [0, 0.05) is 12.1 Å². The molecule has 1 atom stereocenters. The molecule has 0 aliphatic heterocycles. The minimum absolute atomic E-state index is 0.0162. The SMILES string of the molecule is Cc1c2ccccc2c(C)c2cc(S(=O)OCc3ccc([N+](=O)[O-])cc3)ccc12. The minimum Gasteiger partial charge on any atom is -0.282 e. The van der Waals surface area contributed by atoms with Crippen molar-refractivity contribution in [1.29, 1.82) is 0 Å². The highest BCUT2D eigenvalue weighted by Crippen LogP contribution is 2.33. The molecule has 4 aromatic rings. The van der Waals surface area contributed by atoms with Gasteiger partial charge in [-0.25, -0.2) is 4.21 Å². The third-order valence-corrected chi connectivity index (χ3v) is 6.18. The van der Waals surface area contributed by atoms with Gasteiger partial charge in [-0.1, -0.05) is 30.3 Å². The van der Waals surface area contributed by atoms with Crippen molar-refractivity contribution in [2.45, 2.75) is 25.3 Å². The van der Waals surface area contributed by atoms with Crippen LogP contribution in [0.25, 0.3) is 21.5 Å². The zero-order valence-electron chi connectivity index (χ0n) is 16.0. The lowest BCUT2D eigenvalue weighted by Crippen LogP contribution is -2.00. The molecule has 0 amide bonds. The number of nitro groups is 1. The number of nitrogens with zero attached hydrogens (tertiary/aromatic N) is 1. The Morgan fingerprint density at radius 2 is 1.45 bits per heavy atom. The molecule has 29 heavy (non-hydrogen) atoms. The van der Waals surface area contributed by atoms with E-state index in [0.717, 1.165) is 21.9 Å². The molecule has 0 saturated heterocycles. The second-order valence-electron chi connectivity index (χ2n) is 6.92. The van der Waals surface area contributed by atoms with E-state index in [-0.39, 0.29) is 12.3 Å². The fourth-order valence-corrected chi connectivity index (χ4v) is 4.37. The van der Waals surface area contributed by atoms with Gasteiger partial charge in [-0.15, -0.1) is 0 Å². The van der Waals surface area contributed by atoms with Crippen molar-refractivity contribution in [3.63, 3.8) is 0 Å². The van der Waals surface area contributed by atoms with E-state index >= 15 is 0 Å². The predicted molar refractivity (Wildman–Crippen MR) is 115 cm³/mol. The Hall–Kier alpha value is -3.09. The van der Waals surface area contributed by atoms with Crippen molar-refractivity contribution < 1.29 is 13.3 Å². The van der Waals surface area contributed by atoms with E-state index < -0.39 is 16.0 Å². The van der Waals surface area contributed by atoms with E-state index in [0.29, 0.717) is 4.90 Å². The molecule has 1 unspecified atom stereocenters. The van der Waals surface area contributed by atoms with Crippen LogP contribution in [-0.4, -0.2) is 9.13 Å². The van der Waals surface area contributed by atoms with E-state index in [1.54, 1.807) is 12.1 Å². The molecule has 6 heteroatoms. The molecule has 0 spiro atoms. The summed E-state index contributed by atoms with van der Waals surface area (Å²) < 4.78 is 18.2. The number of hydrogen-bond donors (Lipinski definition) is 0. The molecule has 0 aliphatic carbocycles. The quantitative estimate of drug-likeness (QED) is 0.241. The van der Waals surface area contributed by atoms with Gasteiger partial charge in [0.15, 0.2) is 11.1 Å². The highest BCUT2D eigenvalue weighted by atomic mass is 32.2. The average molecular weight is 405 g/mol. The molecule has 0 fully saturated rings. The van der Waals surface area contributed by atoms with Crippen molar-refractivity contribution in [3.05, 3.63) is 93.5 Å². The Kier molecular flexibility index (Phi) is 5.13. The fraction of sp³-hybridized carbons (Fsp3) is 0.130. The van der Waals surface area contributed by atoms with Crippen LogP contribution in [-0.2, 0) is 21.9 Å². The minimum atomic E-state index is -1.64. The highest BCUT2D eigenvalue weighted by Gasteiger charge is 2.12. The molecule has 0 saturated carbocycles. The van der Waals surface area contributed by atoms with Gasteiger partial charge in [-0.2, -0.15) is 0 Å². The second-order valence-corrected chi connectivity index (χ2v) is 8.10. The topological polar surface area (TPSA) is 69.4 Å². The van der Waals surface area contributed by atoms with Gasteiger partial charge in [0.25, 0.3) is 5.69 Å². The van der Waals surface area contributed by atoms with Crippen molar-refractivity contribution in [2.24, 2.45) is 0 Å². The smallest absolute Gasteiger partial charge is 0.269 e. The summed E-state index contributed by atoms with van der Waals surface area (Å²) in [6.07, 6.45) is 0. The molecular weight excluding hydrogens is 386 g/mol. The molecule has 0 heterocycles. The van der Waals surface area contributed by atoms with E-state index in [1.165, 1.54) is 28.5 Å². The van der Waals surface area contributed by atoms with Crippen LogP contribution >= 0.6 is 0 Å². The summed E-state index contributed by atoms with van der Waals surface area (Å²) in [5, 5.41) is 15.3. The summed E-state index contributed by atoms with van der Waals surface area (Å²) in [6, 6.07) is 20.1. The number of nitro benzene ring substituents is 1. The molecule has 0 aromatic heterocycles. The van der Waals surface area contributed by atoms with E-state index in [1.807, 2.05) is 30.3 Å². The third kappa shape index (κ3) is 3.64. The van der Waals surface area contributed by atoms with Crippen LogP contribution in [0.15, 0.2) is 71.6 Å². The Morgan fingerprint density at radius 1 is 0.862 bits per heavy atom. The Balaban J connectivity index is 1.62. The number of fused-ring (bicyclic) bond motifs is 2. The first-order chi connectivity index (χ1) is 14.0. The fourth-order valence-electron chi connectivity index (χ4n) is 3.60. The maximum absolute atomic E-state index is 12.7. The summed E-state index contributed by atoms with van der Waals surface area (Å²) >= 11 is -1.64. The maximum atomic E-state index is 12.7. The molecule has 0 aliphatic rings. The molecule has 5 nitrogen and oxygen atoms in total. The van der Waals surface area contributed by atoms with Crippen LogP contribution in [0.3, 0.4) is 0 Å². The largest absolute Gasteiger partial charge is 0.282 e. The lowest BCUT2D eigenvalue weighted by molar-refractivity contribution is -0.384. The molecular formula is C23H19NO4S. The summed E-state index contributed by atoms with van der Waals surface area (Å²) in [6.45, 7) is 4.29. The van der Waals surface area contributed by atoms with E-state index in [4.69, 9.17) is 4.18 Å². The van der Waals surface area contributed by atoms with Gasteiger partial charge in [0.1, 0.15) is 0 Å². The Morgan fingerprint density at radius 3 is 2.07 bits per heavy atom. The number of benzene rings is 4. The van der Waals surface area contributed by atoms with Crippen molar-refractivity contribution in [2.75, 3.05) is 0 Å². The van der Waals surface area contributed by atoms with Crippen molar-refractivity contribution >= 4 is 38.3 Å². The monoisotopic (exact) mass is 405 g/mol. The Bertz CT molecular complexity index is 1270. The lowest BCUT2D eigenvalue weighted by Gasteiger charge is -2.13. The van der Waals surface area contributed by atoms with Crippen molar-refractivity contribution in [1.82, 2.24) is 0 Å². The summed E-state index contributed by atoms with van der Waals surface area (Å²) in [7, 11) is 0. The van der Waals surface area contributed by atoms with Crippen LogP contribution in [0.1, 0.15) is 16.7 Å². The summed E-state index contributed by atoms with van der Waals surface area (Å²) in [5.41, 5.74) is 3.09. The van der Waals surface area contributed by atoms with Gasteiger partial charge < -0.3 is 0 Å². The zero-order valence-corrected chi connectivity index (χ0v) is 16.9. The van der Waals surface area contributed by atoms with Gasteiger partial charge in [-0.05, 0) is 76.3 Å². The first-order valence-corrected chi connectivity index (χ1v) is 10.2. The van der Waals surface area contributed by atoms with Crippen LogP contribution in [0.2, 0.25) is 0 Å². The van der Waals surface area contributed by atoms with Crippen LogP contribution in [0.4, 0.5) is 5.69 Å². The maximum Gasteiger partial charge on any atom is 0.269 e. The van der Waals surface area contributed by atoms with E-state index in [2.05, 4.69) is 26.0 Å². The van der Waals surface area contributed by atoms with Crippen LogP contribution in [0.5, 0.6) is 0 Å². The van der Waals surface area contributed by atoms with Gasteiger partial charge >= 0.3 is 0 Å². The summed E-state index contributed by atoms with van der Waals surface area (Å²) in [5.74, 6) is 0. The summed E-state index contributed by atoms with van der Waals surface area (Å²) in [4.78, 5) is 10.9. The highest BCUT2D eigenvalue weighted by molar-refractivity contribution is 7.80. The number of non-ortho nitro benzene ring substituents is 1. The van der Waals surface area contributed by atoms with Gasteiger partial charge in [-0.3, -0.25) is 14.3 Å². The molecule has 0 bridgehead atoms. The third-order valence-electron chi connectivity index (χ3n) is 5.21. The molecule has 4 aromatic carbocycles. The average Bonchev–Trinajstić information content (AvgIpc) is 2.75. The molecule has 4 rings (SSSR count). The zero-order chi connectivity index (χ0) is 20.5. The molecule has 0 N–H and O–H groups in total. The predicted octanol–water partition coefficient (Wildman–Crippen LogP) is 5.76. The first-order valence-electron chi connectivity index (χ1n) is 9.16. The normalized spacial score (nSPS) is 12.3. The number of aryl methyl sites for hydroxylation is 2. The second kappa shape index (κ2) is 7.73. The standard InChI is InChI=1S/C23H19NO4S/c1-15-20-5-3-4-6-21(20)16(2)23-13-19(11-12-22(15)23)29(27)28-14-17-7-9-18(10-8-17)24(25)26/h3-13H,14H2,1-2H3. The molecule has 146 valence electrons. The first kappa shape index (κ1) is 19.2. The van der Waals surface area contributed by atoms with Gasteiger partial charge in [0.2, 0.25) is 0 Å².